The highest BCUT2D eigenvalue weighted by Crippen LogP contribution is 2.18. The number of anilines is 1. The highest BCUT2D eigenvalue weighted by Gasteiger charge is 2.12. The number of hydrogen-bond donors (Lipinski definition) is 1. The summed E-state index contributed by atoms with van der Waals surface area (Å²) >= 11 is 0. The summed E-state index contributed by atoms with van der Waals surface area (Å²) in [6.07, 6.45) is 1.16. The van der Waals surface area contributed by atoms with Gasteiger partial charge in [-0.3, -0.25) is 4.79 Å². The summed E-state index contributed by atoms with van der Waals surface area (Å²) in [5, 5.41) is 2.77. The van der Waals surface area contributed by atoms with Crippen molar-refractivity contribution in [3.63, 3.8) is 0 Å². The van der Waals surface area contributed by atoms with Crippen LogP contribution in [0.15, 0.2) is 42.5 Å². The van der Waals surface area contributed by atoms with Crippen molar-refractivity contribution in [1.82, 2.24) is 0 Å². The van der Waals surface area contributed by atoms with Crippen molar-refractivity contribution >= 4 is 27.4 Å². The van der Waals surface area contributed by atoms with Crippen molar-refractivity contribution in [3.05, 3.63) is 64.7 Å². The Balaban J connectivity index is 2.13. The molecule has 0 unspecified atom stereocenters. The fraction of sp³-hybridized carbons (Fsp3) is 0.222. The van der Waals surface area contributed by atoms with Crippen LogP contribution in [-0.2, 0) is 20.3 Å². The number of hydrogen-bond acceptors (Lipinski definition) is 5. The van der Waals surface area contributed by atoms with Gasteiger partial charge in [-0.15, -0.1) is 0 Å². The number of methoxy groups -OCH3 is 1. The number of carbonyl (C=O) groups excluding carboxylic acids is 2. The van der Waals surface area contributed by atoms with Gasteiger partial charge >= 0.3 is 5.97 Å². The fourth-order valence-corrected chi connectivity index (χ4v) is 3.10. The van der Waals surface area contributed by atoms with Crippen molar-refractivity contribution in [2.75, 3.05) is 18.7 Å². The third-order valence-electron chi connectivity index (χ3n) is 3.54. The standard InChI is InChI=1S/C18H19NO5S/c1-12-10-15(18(21)24-2)8-9-16(12)19-17(20)14-6-4-13(5-7-14)11-25(3,22)23/h4-10H,11H2,1-3H3,(H,19,20). The van der Waals surface area contributed by atoms with Crippen LogP contribution < -0.4 is 5.32 Å². The van der Waals surface area contributed by atoms with Crippen molar-refractivity contribution < 1.29 is 22.7 Å². The van der Waals surface area contributed by atoms with Crippen LogP contribution in [0.4, 0.5) is 5.69 Å². The molecule has 0 aromatic heterocycles. The molecule has 0 saturated carbocycles. The molecule has 0 aliphatic rings. The Morgan fingerprint density at radius 1 is 1.04 bits per heavy atom. The third-order valence-corrected chi connectivity index (χ3v) is 4.40. The summed E-state index contributed by atoms with van der Waals surface area (Å²) in [5.41, 5.74) is 2.75. The van der Waals surface area contributed by atoms with Gasteiger partial charge in [0.05, 0.1) is 18.4 Å². The maximum absolute atomic E-state index is 12.3. The van der Waals surface area contributed by atoms with Gasteiger partial charge in [-0.1, -0.05) is 12.1 Å². The highest BCUT2D eigenvalue weighted by molar-refractivity contribution is 7.89. The van der Waals surface area contributed by atoms with E-state index in [0.717, 1.165) is 11.8 Å². The number of carbonyl (C=O) groups is 2. The molecule has 0 heterocycles. The summed E-state index contributed by atoms with van der Waals surface area (Å²) < 4.78 is 27.2. The number of rotatable bonds is 5. The van der Waals surface area contributed by atoms with E-state index in [0.29, 0.717) is 22.4 Å². The molecule has 1 amide bonds. The van der Waals surface area contributed by atoms with E-state index in [9.17, 15) is 18.0 Å². The Hall–Kier alpha value is -2.67. The lowest BCUT2D eigenvalue weighted by Crippen LogP contribution is -2.13. The molecule has 0 aliphatic heterocycles. The number of esters is 1. The molecule has 0 aliphatic carbocycles. The average Bonchev–Trinajstić information content (AvgIpc) is 2.55. The monoisotopic (exact) mass is 361 g/mol. The number of sulfone groups is 1. The lowest BCUT2D eigenvalue weighted by Gasteiger charge is -2.10. The van der Waals surface area contributed by atoms with Crippen molar-refractivity contribution in [1.29, 1.82) is 0 Å². The third kappa shape index (κ3) is 5.15. The van der Waals surface area contributed by atoms with E-state index in [-0.39, 0.29) is 11.7 Å². The van der Waals surface area contributed by atoms with E-state index < -0.39 is 15.8 Å². The van der Waals surface area contributed by atoms with Crippen LogP contribution in [0.2, 0.25) is 0 Å². The Kier molecular flexibility index (Phi) is 5.58. The lowest BCUT2D eigenvalue weighted by molar-refractivity contribution is 0.0600. The molecule has 0 radical (unpaired) electrons. The number of amides is 1. The first-order valence-electron chi connectivity index (χ1n) is 7.46. The molecule has 0 saturated heterocycles. The molecular formula is C18H19NO5S. The zero-order valence-electron chi connectivity index (χ0n) is 14.2. The van der Waals surface area contributed by atoms with Gasteiger partial charge in [0, 0.05) is 17.5 Å². The van der Waals surface area contributed by atoms with E-state index in [1.165, 1.54) is 7.11 Å². The van der Waals surface area contributed by atoms with Crippen LogP contribution in [0.25, 0.3) is 0 Å². The average molecular weight is 361 g/mol. The first-order chi connectivity index (χ1) is 11.7. The quantitative estimate of drug-likeness (QED) is 0.827. The number of aryl methyl sites for hydroxylation is 1. The van der Waals surface area contributed by atoms with Gasteiger partial charge in [-0.05, 0) is 48.4 Å². The largest absolute Gasteiger partial charge is 0.465 e. The predicted octanol–water partition coefficient (Wildman–Crippen LogP) is 2.58. The van der Waals surface area contributed by atoms with Crippen LogP contribution in [-0.4, -0.2) is 33.7 Å². The summed E-state index contributed by atoms with van der Waals surface area (Å²) in [6.45, 7) is 1.78. The van der Waals surface area contributed by atoms with Crippen LogP contribution in [0.1, 0.15) is 31.8 Å². The van der Waals surface area contributed by atoms with E-state index in [1.807, 2.05) is 0 Å². The van der Waals surface area contributed by atoms with Crippen molar-refractivity contribution in [2.24, 2.45) is 0 Å². The molecule has 0 bridgehead atoms. The second-order valence-corrected chi connectivity index (χ2v) is 7.88. The van der Waals surface area contributed by atoms with Crippen LogP contribution >= 0.6 is 0 Å². The molecule has 7 heteroatoms. The molecule has 25 heavy (non-hydrogen) atoms. The first kappa shape index (κ1) is 18.7. The SMILES string of the molecule is COC(=O)c1ccc(NC(=O)c2ccc(CS(C)(=O)=O)cc2)c(C)c1. The highest BCUT2D eigenvalue weighted by atomic mass is 32.2. The van der Waals surface area contributed by atoms with E-state index in [2.05, 4.69) is 10.1 Å². The lowest BCUT2D eigenvalue weighted by atomic mass is 10.1. The summed E-state index contributed by atoms with van der Waals surface area (Å²) in [6, 6.07) is 11.2. The minimum Gasteiger partial charge on any atom is -0.465 e. The normalized spacial score (nSPS) is 11.0. The fourth-order valence-electron chi connectivity index (χ4n) is 2.30. The van der Waals surface area contributed by atoms with E-state index in [4.69, 9.17) is 0 Å². The Morgan fingerprint density at radius 2 is 1.64 bits per heavy atom. The zero-order chi connectivity index (χ0) is 18.6. The second-order valence-electron chi connectivity index (χ2n) is 5.74. The van der Waals surface area contributed by atoms with Crippen LogP contribution in [0, 0.1) is 6.92 Å². The van der Waals surface area contributed by atoms with Crippen molar-refractivity contribution in [2.45, 2.75) is 12.7 Å². The molecule has 0 fully saturated rings. The molecule has 0 atom stereocenters. The maximum Gasteiger partial charge on any atom is 0.337 e. The molecule has 6 nitrogen and oxygen atoms in total. The maximum atomic E-state index is 12.3. The summed E-state index contributed by atoms with van der Waals surface area (Å²) in [5.74, 6) is -0.828. The molecular weight excluding hydrogens is 342 g/mol. The molecule has 132 valence electrons. The van der Waals surface area contributed by atoms with Crippen LogP contribution in [0.5, 0.6) is 0 Å². The van der Waals surface area contributed by atoms with Gasteiger partial charge in [-0.25, -0.2) is 13.2 Å². The van der Waals surface area contributed by atoms with Gasteiger partial charge < -0.3 is 10.1 Å². The van der Waals surface area contributed by atoms with Gasteiger partial charge in [-0.2, -0.15) is 0 Å². The summed E-state index contributed by atoms with van der Waals surface area (Å²) in [4.78, 5) is 23.8. The van der Waals surface area contributed by atoms with Gasteiger partial charge in [0.2, 0.25) is 0 Å². The van der Waals surface area contributed by atoms with Gasteiger partial charge in [0.25, 0.3) is 5.91 Å². The number of ether oxygens (including phenoxy) is 1. The Morgan fingerprint density at radius 3 is 2.16 bits per heavy atom. The van der Waals surface area contributed by atoms with E-state index >= 15 is 0 Å². The second kappa shape index (κ2) is 7.48. The predicted molar refractivity (Wildman–Crippen MR) is 95.5 cm³/mol. The van der Waals surface area contributed by atoms with Crippen LogP contribution in [0.3, 0.4) is 0 Å². The van der Waals surface area contributed by atoms with Gasteiger partial charge in [0.15, 0.2) is 9.84 Å². The zero-order valence-corrected chi connectivity index (χ0v) is 15.0. The minimum atomic E-state index is -3.12. The molecule has 2 aromatic carbocycles. The smallest absolute Gasteiger partial charge is 0.337 e. The minimum absolute atomic E-state index is 0.0665. The summed E-state index contributed by atoms with van der Waals surface area (Å²) in [7, 11) is -1.81. The molecule has 2 aromatic rings. The molecule has 0 spiro atoms. The first-order valence-corrected chi connectivity index (χ1v) is 9.52. The molecule has 2 rings (SSSR count). The van der Waals surface area contributed by atoms with Crippen molar-refractivity contribution in [3.8, 4) is 0 Å². The van der Waals surface area contributed by atoms with E-state index in [1.54, 1.807) is 49.4 Å². The topological polar surface area (TPSA) is 89.5 Å². The Labute approximate surface area is 146 Å². The van der Waals surface area contributed by atoms with Gasteiger partial charge in [0.1, 0.15) is 0 Å². The number of benzene rings is 2. The number of nitrogens with one attached hydrogen (secondary N) is 1. The molecule has 1 N–H and O–H groups in total. The Bertz CT molecular complexity index is 902.